The highest BCUT2D eigenvalue weighted by Crippen LogP contribution is 2.20. The first-order chi connectivity index (χ1) is 8.65. The number of carbonyl (C=O) groups is 1. The lowest BCUT2D eigenvalue weighted by Gasteiger charge is -2.16. The number of nitrogens with zero attached hydrogens (tertiary/aromatic N) is 3. The average molecular weight is 248 g/mol. The first-order valence-corrected chi connectivity index (χ1v) is 5.71. The molecule has 96 valence electrons. The molecule has 0 unspecified atom stereocenters. The van der Waals surface area contributed by atoms with Crippen LogP contribution < -0.4 is 10.2 Å². The quantitative estimate of drug-likeness (QED) is 0.814. The zero-order valence-corrected chi connectivity index (χ0v) is 10.4. The summed E-state index contributed by atoms with van der Waals surface area (Å²) in [5, 5.41) is 12.4. The van der Waals surface area contributed by atoms with E-state index in [1.807, 2.05) is 25.1 Å². The predicted molar refractivity (Wildman–Crippen MR) is 69.3 cm³/mol. The van der Waals surface area contributed by atoms with Crippen molar-refractivity contribution in [1.29, 1.82) is 0 Å². The van der Waals surface area contributed by atoms with Crippen LogP contribution in [0, 0.1) is 0 Å². The summed E-state index contributed by atoms with van der Waals surface area (Å²) in [5.41, 5.74) is 0.838. The van der Waals surface area contributed by atoms with Crippen LogP contribution in [0.2, 0.25) is 0 Å². The lowest BCUT2D eigenvalue weighted by Crippen LogP contribution is -2.28. The van der Waals surface area contributed by atoms with E-state index < -0.39 is 5.97 Å². The molecule has 2 heterocycles. The molecule has 0 aliphatic carbocycles. The Morgan fingerprint density at radius 3 is 3.00 bits per heavy atom. The van der Waals surface area contributed by atoms with Crippen LogP contribution >= 0.6 is 0 Å². The van der Waals surface area contributed by atoms with Crippen molar-refractivity contribution in [2.75, 3.05) is 32.1 Å². The van der Waals surface area contributed by atoms with Gasteiger partial charge in [0.25, 0.3) is 0 Å². The third kappa shape index (κ3) is 2.14. The Labute approximate surface area is 105 Å². The van der Waals surface area contributed by atoms with Gasteiger partial charge in [-0.3, -0.25) is 4.40 Å². The number of nitrogens with one attached hydrogen (secondary N) is 1. The van der Waals surface area contributed by atoms with Crippen LogP contribution in [0.1, 0.15) is 10.5 Å². The van der Waals surface area contributed by atoms with Gasteiger partial charge in [-0.25, -0.2) is 9.78 Å². The van der Waals surface area contributed by atoms with Gasteiger partial charge in [-0.2, -0.15) is 0 Å². The molecule has 0 fully saturated rings. The minimum atomic E-state index is -0.972. The predicted octanol–water partition coefficient (Wildman–Crippen LogP) is 0.688. The number of pyridine rings is 1. The van der Waals surface area contributed by atoms with E-state index >= 15 is 0 Å². The first-order valence-electron chi connectivity index (χ1n) is 5.71. The number of aromatic carboxylic acids is 1. The second-order valence-corrected chi connectivity index (χ2v) is 4.04. The largest absolute Gasteiger partial charge is 0.476 e. The van der Waals surface area contributed by atoms with Crippen LogP contribution in [0.25, 0.3) is 5.65 Å². The van der Waals surface area contributed by atoms with Crippen molar-refractivity contribution in [3.05, 3.63) is 30.1 Å². The minimum absolute atomic E-state index is 0.198. The van der Waals surface area contributed by atoms with E-state index in [1.165, 1.54) is 0 Å². The normalized spacial score (nSPS) is 10.8. The summed E-state index contributed by atoms with van der Waals surface area (Å²) in [6, 6.07) is 5.42. The summed E-state index contributed by atoms with van der Waals surface area (Å²) in [6.07, 6.45) is 1.71. The lowest BCUT2D eigenvalue weighted by atomic mass is 10.4. The van der Waals surface area contributed by atoms with Crippen LogP contribution in [-0.4, -0.2) is 47.6 Å². The van der Waals surface area contributed by atoms with Gasteiger partial charge in [0, 0.05) is 26.3 Å². The van der Waals surface area contributed by atoms with Crippen molar-refractivity contribution in [2.24, 2.45) is 0 Å². The molecule has 0 aliphatic heterocycles. The minimum Gasteiger partial charge on any atom is -0.476 e. The van der Waals surface area contributed by atoms with E-state index in [9.17, 15) is 9.90 Å². The molecular weight excluding hydrogens is 232 g/mol. The second-order valence-electron chi connectivity index (χ2n) is 4.04. The Morgan fingerprint density at radius 2 is 2.33 bits per heavy atom. The Balaban J connectivity index is 2.48. The highest BCUT2D eigenvalue weighted by atomic mass is 16.4. The number of carboxylic acids is 1. The highest BCUT2D eigenvalue weighted by molar-refractivity contribution is 5.93. The van der Waals surface area contributed by atoms with Gasteiger partial charge in [0.05, 0.1) is 0 Å². The van der Waals surface area contributed by atoms with Gasteiger partial charge in [-0.05, 0) is 19.2 Å². The maximum atomic E-state index is 11.4. The smallest absolute Gasteiger partial charge is 0.356 e. The number of hydrogen-bond acceptors (Lipinski definition) is 4. The van der Waals surface area contributed by atoms with Crippen molar-refractivity contribution in [3.63, 3.8) is 0 Å². The third-order valence-electron chi connectivity index (χ3n) is 2.77. The maximum Gasteiger partial charge on any atom is 0.356 e. The fraction of sp³-hybridized carbons (Fsp3) is 0.333. The van der Waals surface area contributed by atoms with Crippen molar-refractivity contribution >= 4 is 17.4 Å². The van der Waals surface area contributed by atoms with Gasteiger partial charge < -0.3 is 15.3 Å². The third-order valence-corrected chi connectivity index (χ3v) is 2.77. The number of aromatic nitrogens is 2. The fourth-order valence-corrected chi connectivity index (χ4v) is 1.83. The number of carboxylic acid groups (broad SMARTS) is 1. The fourth-order valence-electron chi connectivity index (χ4n) is 1.83. The van der Waals surface area contributed by atoms with Gasteiger partial charge in [-0.1, -0.05) is 6.07 Å². The molecule has 0 saturated carbocycles. The lowest BCUT2D eigenvalue weighted by molar-refractivity contribution is 0.0690. The van der Waals surface area contributed by atoms with Crippen molar-refractivity contribution in [2.45, 2.75) is 0 Å². The zero-order valence-electron chi connectivity index (χ0n) is 10.4. The highest BCUT2D eigenvalue weighted by Gasteiger charge is 2.20. The van der Waals surface area contributed by atoms with Crippen LogP contribution in [0.3, 0.4) is 0 Å². The van der Waals surface area contributed by atoms with E-state index in [0.29, 0.717) is 18.0 Å². The molecular formula is C12H16N4O2. The molecule has 2 N–H and O–H groups in total. The van der Waals surface area contributed by atoms with Gasteiger partial charge in [0.2, 0.25) is 0 Å². The summed E-state index contributed by atoms with van der Waals surface area (Å²) in [6.45, 7) is 1.46. The first kappa shape index (κ1) is 12.4. The molecule has 0 radical (unpaired) electrons. The van der Waals surface area contributed by atoms with Crippen molar-refractivity contribution in [3.8, 4) is 0 Å². The van der Waals surface area contributed by atoms with Crippen LogP contribution in [-0.2, 0) is 0 Å². The molecule has 0 spiro atoms. The van der Waals surface area contributed by atoms with Gasteiger partial charge in [0.15, 0.2) is 11.5 Å². The number of anilines is 1. The summed E-state index contributed by atoms with van der Waals surface area (Å²) in [5.74, 6) is -0.482. The maximum absolute atomic E-state index is 11.4. The molecule has 0 bridgehead atoms. The Morgan fingerprint density at radius 1 is 1.56 bits per heavy atom. The van der Waals surface area contributed by atoms with Crippen LogP contribution in [0.4, 0.5) is 5.82 Å². The molecule has 2 rings (SSSR count). The molecule has 0 aromatic carbocycles. The van der Waals surface area contributed by atoms with Crippen LogP contribution in [0.15, 0.2) is 24.4 Å². The molecule has 0 saturated heterocycles. The monoisotopic (exact) mass is 248 g/mol. The van der Waals surface area contributed by atoms with Gasteiger partial charge in [-0.15, -0.1) is 0 Å². The molecule has 2 aromatic heterocycles. The SMILES string of the molecule is CNCCN(C)c1nc2ccccn2c1C(=O)O. The van der Waals surface area contributed by atoms with E-state index in [2.05, 4.69) is 10.3 Å². The summed E-state index contributed by atoms with van der Waals surface area (Å²) < 4.78 is 1.59. The summed E-state index contributed by atoms with van der Waals surface area (Å²) in [7, 11) is 3.70. The van der Waals surface area contributed by atoms with Crippen molar-refractivity contribution in [1.82, 2.24) is 14.7 Å². The molecule has 0 atom stereocenters. The van der Waals surface area contributed by atoms with E-state index in [4.69, 9.17) is 0 Å². The summed E-state index contributed by atoms with van der Waals surface area (Å²) in [4.78, 5) is 17.6. The number of rotatable bonds is 5. The Kier molecular flexibility index (Phi) is 3.47. The standard InChI is InChI=1S/C12H16N4O2/c1-13-6-8-15(2)11-10(12(17)18)16-7-4-3-5-9(16)14-11/h3-5,7,13H,6,8H2,1-2H3,(H,17,18). The summed E-state index contributed by atoms with van der Waals surface area (Å²) >= 11 is 0. The number of imidazole rings is 1. The molecule has 6 heteroatoms. The Hall–Kier alpha value is -2.08. The topological polar surface area (TPSA) is 69.9 Å². The molecule has 18 heavy (non-hydrogen) atoms. The molecule has 6 nitrogen and oxygen atoms in total. The Bertz CT molecular complexity index is 564. The van der Waals surface area contributed by atoms with Crippen molar-refractivity contribution < 1.29 is 9.90 Å². The van der Waals surface area contributed by atoms with E-state index in [0.717, 1.165) is 6.54 Å². The second kappa shape index (κ2) is 5.05. The number of hydrogen-bond donors (Lipinski definition) is 2. The average Bonchev–Trinajstić information content (AvgIpc) is 2.75. The molecule has 0 aliphatic rings. The van der Waals surface area contributed by atoms with Gasteiger partial charge >= 0.3 is 5.97 Å². The zero-order chi connectivity index (χ0) is 13.1. The van der Waals surface area contributed by atoms with Gasteiger partial charge in [0.1, 0.15) is 5.65 Å². The number of likely N-dealkylation sites (N-methyl/N-ethyl adjacent to an activating group) is 2. The van der Waals surface area contributed by atoms with Crippen LogP contribution in [0.5, 0.6) is 0 Å². The molecule has 0 amide bonds. The van der Waals surface area contributed by atoms with E-state index in [-0.39, 0.29) is 5.69 Å². The van der Waals surface area contributed by atoms with E-state index in [1.54, 1.807) is 22.7 Å². The molecule has 2 aromatic rings. The number of fused-ring (bicyclic) bond motifs is 1.